The van der Waals surface area contributed by atoms with Crippen LogP contribution in [0.4, 0.5) is 0 Å². The maximum Gasteiger partial charge on any atom is 0.293 e. The van der Waals surface area contributed by atoms with E-state index in [0.717, 1.165) is 10.2 Å². The summed E-state index contributed by atoms with van der Waals surface area (Å²) in [7, 11) is 1.87. The van der Waals surface area contributed by atoms with Crippen molar-refractivity contribution in [3.8, 4) is 23.0 Å². The van der Waals surface area contributed by atoms with Crippen molar-refractivity contribution in [2.45, 2.75) is 19.1 Å². The van der Waals surface area contributed by atoms with Crippen molar-refractivity contribution in [2.75, 3.05) is 6.79 Å². The number of ether oxygens (including phenoxy) is 4. The van der Waals surface area contributed by atoms with Gasteiger partial charge in [-0.1, -0.05) is 23.5 Å². The summed E-state index contributed by atoms with van der Waals surface area (Å²) in [5.41, 5.74) is 0.926. The number of carbonyl (C=O) groups excluding carboxylic acids is 1. The first-order valence-corrected chi connectivity index (χ1v) is 9.32. The van der Waals surface area contributed by atoms with Crippen molar-refractivity contribution in [3.05, 3.63) is 41.2 Å². The third-order valence-corrected chi connectivity index (χ3v) is 5.69. The smallest absolute Gasteiger partial charge is 0.293 e. The molecule has 3 heterocycles. The van der Waals surface area contributed by atoms with E-state index in [0.29, 0.717) is 27.8 Å². The molecule has 0 saturated carbocycles. The van der Waals surface area contributed by atoms with Crippen molar-refractivity contribution in [3.63, 3.8) is 0 Å². The van der Waals surface area contributed by atoms with Crippen LogP contribution in [-0.4, -0.2) is 29.5 Å². The summed E-state index contributed by atoms with van der Waals surface area (Å²) < 4.78 is 25.3. The van der Waals surface area contributed by atoms with E-state index in [-0.39, 0.29) is 12.7 Å². The third kappa shape index (κ3) is 2.64. The quantitative estimate of drug-likeness (QED) is 0.645. The van der Waals surface area contributed by atoms with Gasteiger partial charge in [0.05, 0.1) is 10.2 Å². The summed E-state index contributed by atoms with van der Waals surface area (Å²) in [5.74, 6) is 2.21. The van der Waals surface area contributed by atoms with E-state index in [2.05, 4.69) is 4.99 Å². The fourth-order valence-corrected chi connectivity index (χ4v) is 4.21. The molecule has 7 nitrogen and oxygen atoms in total. The predicted molar refractivity (Wildman–Crippen MR) is 98.4 cm³/mol. The molecular formula is C19H16N2O5S. The van der Waals surface area contributed by atoms with Crippen LogP contribution < -0.4 is 23.7 Å². The molecule has 0 spiro atoms. The molecule has 0 fully saturated rings. The highest BCUT2D eigenvalue weighted by molar-refractivity contribution is 7.16. The van der Waals surface area contributed by atoms with Crippen LogP contribution in [0.3, 0.4) is 0 Å². The number of hydrogen-bond acceptors (Lipinski definition) is 6. The van der Waals surface area contributed by atoms with Crippen LogP contribution in [0.5, 0.6) is 23.0 Å². The Hall–Kier alpha value is -3.00. The summed E-state index contributed by atoms with van der Waals surface area (Å²) in [6, 6.07) is 11.1. The Morgan fingerprint density at radius 3 is 2.59 bits per heavy atom. The molecule has 1 amide bonds. The maximum absolute atomic E-state index is 12.8. The maximum atomic E-state index is 12.8. The van der Waals surface area contributed by atoms with Gasteiger partial charge in [0.25, 0.3) is 5.91 Å². The van der Waals surface area contributed by atoms with Crippen LogP contribution in [0.25, 0.3) is 10.2 Å². The zero-order chi connectivity index (χ0) is 18.5. The molecule has 2 unspecified atom stereocenters. The van der Waals surface area contributed by atoms with Gasteiger partial charge in [-0.3, -0.25) is 4.79 Å². The first-order chi connectivity index (χ1) is 13.1. The van der Waals surface area contributed by atoms with Gasteiger partial charge in [0, 0.05) is 19.2 Å². The average Bonchev–Trinajstić information content (AvgIpc) is 3.23. The summed E-state index contributed by atoms with van der Waals surface area (Å²) in [5, 5.41) is 0. The highest BCUT2D eigenvalue weighted by Gasteiger charge is 2.34. The lowest BCUT2D eigenvalue weighted by Gasteiger charge is -2.29. The lowest BCUT2D eigenvalue weighted by molar-refractivity contribution is -0.130. The minimum Gasteiger partial charge on any atom is -0.482 e. The van der Waals surface area contributed by atoms with Gasteiger partial charge in [0.15, 0.2) is 27.8 Å². The van der Waals surface area contributed by atoms with Crippen molar-refractivity contribution >= 4 is 27.5 Å². The number of nitrogens with zero attached hydrogens (tertiary/aromatic N) is 2. The molecule has 3 aromatic rings. The van der Waals surface area contributed by atoms with E-state index in [1.807, 2.05) is 41.9 Å². The summed E-state index contributed by atoms with van der Waals surface area (Å²) in [4.78, 5) is 17.7. The fourth-order valence-electron chi connectivity index (χ4n) is 3.17. The molecule has 2 aliphatic heterocycles. The minimum atomic E-state index is -0.790. The first kappa shape index (κ1) is 16.2. The van der Waals surface area contributed by atoms with E-state index in [9.17, 15) is 4.79 Å². The number of fused-ring (bicyclic) bond motifs is 3. The number of aryl methyl sites for hydroxylation is 1. The zero-order valence-corrected chi connectivity index (χ0v) is 15.5. The molecule has 8 heteroatoms. The molecule has 0 bridgehead atoms. The van der Waals surface area contributed by atoms with Crippen molar-refractivity contribution in [2.24, 2.45) is 12.0 Å². The molecule has 138 valence electrons. The molecular weight excluding hydrogens is 368 g/mol. The second kappa shape index (κ2) is 6.02. The Morgan fingerprint density at radius 2 is 1.81 bits per heavy atom. The number of aromatic nitrogens is 1. The molecule has 0 saturated heterocycles. The third-order valence-electron chi connectivity index (χ3n) is 4.60. The van der Waals surface area contributed by atoms with Gasteiger partial charge in [0.1, 0.15) is 6.10 Å². The Morgan fingerprint density at radius 1 is 1.11 bits per heavy atom. The second-order valence-corrected chi connectivity index (χ2v) is 7.38. The lowest BCUT2D eigenvalue weighted by Crippen LogP contribution is -2.43. The van der Waals surface area contributed by atoms with E-state index in [4.69, 9.17) is 18.9 Å². The molecule has 27 heavy (non-hydrogen) atoms. The van der Waals surface area contributed by atoms with Gasteiger partial charge in [-0.25, -0.2) is 0 Å². The molecule has 2 aromatic carbocycles. The number of hydrogen-bond donors (Lipinski definition) is 0. The topological polar surface area (TPSA) is 71.3 Å². The summed E-state index contributed by atoms with van der Waals surface area (Å²) >= 11 is 1.41. The van der Waals surface area contributed by atoms with Gasteiger partial charge in [-0.2, -0.15) is 4.99 Å². The molecule has 5 rings (SSSR count). The highest BCUT2D eigenvalue weighted by atomic mass is 32.1. The van der Waals surface area contributed by atoms with Crippen LogP contribution in [0.2, 0.25) is 0 Å². The zero-order valence-electron chi connectivity index (χ0n) is 14.7. The second-order valence-electron chi connectivity index (χ2n) is 6.38. The molecule has 0 aliphatic carbocycles. The lowest BCUT2D eigenvalue weighted by atomic mass is 10.1. The SMILES string of the molecule is CC1Oc2ccccc2OC1C(=O)N=c1sc2cc3c(cc2n1C)OCO3. The fraction of sp³-hybridized carbons (Fsp3) is 0.263. The predicted octanol–water partition coefficient (Wildman–Crippen LogP) is 2.62. The number of para-hydroxylation sites is 2. The minimum absolute atomic E-state index is 0.227. The number of thiazole rings is 1. The molecule has 0 radical (unpaired) electrons. The number of carbonyl (C=O) groups is 1. The van der Waals surface area contributed by atoms with Crippen LogP contribution in [0.1, 0.15) is 6.92 Å². The van der Waals surface area contributed by atoms with Crippen molar-refractivity contribution < 1.29 is 23.7 Å². The van der Waals surface area contributed by atoms with Crippen LogP contribution in [0.15, 0.2) is 41.4 Å². The van der Waals surface area contributed by atoms with Crippen LogP contribution >= 0.6 is 11.3 Å². The van der Waals surface area contributed by atoms with E-state index in [1.54, 1.807) is 13.0 Å². The normalized spacial score (nSPS) is 20.9. The Labute approximate surface area is 158 Å². The summed E-state index contributed by atoms with van der Waals surface area (Å²) in [6.45, 7) is 2.03. The van der Waals surface area contributed by atoms with Gasteiger partial charge in [-0.15, -0.1) is 0 Å². The average molecular weight is 384 g/mol. The van der Waals surface area contributed by atoms with Crippen molar-refractivity contribution in [1.82, 2.24) is 4.57 Å². The number of rotatable bonds is 1. The van der Waals surface area contributed by atoms with Gasteiger partial charge in [0.2, 0.25) is 12.9 Å². The largest absolute Gasteiger partial charge is 0.482 e. The first-order valence-electron chi connectivity index (χ1n) is 8.50. The van der Waals surface area contributed by atoms with Gasteiger partial charge in [-0.05, 0) is 19.1 Å². The van der Waals surface area contributed by atoms with Gasteiger partial charge < -0.3 is 23.5 Å². The molecule has 1 aromatic heterocycles. The van der Waals surface area contributed by atoms with E-state index < -0.39 is 12.2 Å². The molecule has 2 atom stereocenters. The van der Waals surface area contributed by atoms with Crippen LogP contribution in [0, 0.1) is 0 Å². The number of benzene rings is 2. The molecule has 0 N–H and O–H groups in total. The van der Waals surface area contributed by atoms with Crippen LogP contribution in [-0.2, 0) is 11.8 Å². The molecule has 2 aliphatic rings. The highest BCUT2D eigenvalue weighted by Crippen LogP contribution is 2.37. The van der Waals surface area contributed by atoms with Gasteiger partial charge >= 0.3 is 0 Å². The Kier molecular flexibility index (Phi) is 3.61. The Balaban J connectivity index is 1.51. The van der Waals surface area contributed by atoms with E-state index in [1.165, 1.54) is 11.3 Å². The van der Waals surface area contributed by atoms with E-state index >= 15 is 0 Å². The summed E-state index contributed by atoms with van der Waals surface area (Å²) in [6.07, 6.45) is -1.22. The monoisotopic (exact) mass is 384 g/mol. The standard InChI is InChI=1S/C19H16N2O5S/c1-10-17(26-13-6-4-3-5-12(13)25-10)18(22)20-19-21(2)11-7-14-15(24-9-23-14)8-16(11)27-19/h3-8,10,17H,9H2,1-2H3. The Bertz CT molecular complexity index is 1130. The van der Waals surface area contributed by atoms with Crippen molar-refractivity contribution in [1.29, 1.82) is 0 Å². The number of amides is 1.